The second kappa shape index (κ2) is 8.16. The van der Waals surface area contributed by atoms with Crippen molar-refractivity contribution in [1.82, 2.24) is 4.98 Å². The number of nitrogens with zero attached hydrogens (tertiary/aromatic N) is 1. The Hall–Kier alpha value is -3.59. The molecule has 4 rings (SSSR count). The Balaban J connectivity index is 2.00. The summed E-state index contributed by atoms with van der Waals surface area (Å²) in [5.41, 5.74) is 1.58. The van der Waals surface area contributed by atoms with E-state index in [4.69, 9.17) is 4.74 Å². The smallest absolute Gasteiger partial charge is 0.334 e. The zero-order chi connectivity index (χ0) is 23.0. The topological polar surface area (TPSA) is 117 Å². The van der Waals surface area contributed by atoms with E-state index < -0.39 is 27.9 Å². The number of fused-ring (bicyclic) bond motifs is 3. The Kier molecular flexibility index (Phi) is 5.52. The minimum atomic E-state index is -4.06. The van der Waals surface area contributed by atoms with Gasteiger partial charge in [0.1, 0.15) is 11.7 Å². The highest BCUT2D eigenvalue weighted by Gasteiger charge is 2.40. The summed E-state index contributed by atoms with van der Waals surface area (Å²) in [6.45, 7) is 3.31. The summed E-state index contributed by atoms with van der Waals surface area (Å²) in [5.74, 6) is -3.33. The van der Waals surface area contributed by atoms with Crippen LogP contribution in [0, 0.1) is 6.92 Å². The van der Waals surface area contributed by atoms with E-state index in [0.717, 1.165) is 9.87 Å². The number of nitrogens with one attached hydrogen (secondary N) is 1. The molecule has 9 heteroatoms. The van der Waals surface area contributed by atoms with Crippen molar-refractivity contribution in [3.63, 3.8) is 0 Å². The molecule has 0 aliphatic carbocycles. The number of aromatic nitrogens is 1. The Bertz CT molecular complexity index is 1340. The summed E-state index contributed by atoms with van der Waals surface area (Å²) >= 11 is 0. The number of sulfonamides is 1. The maximum Gasteiger partial charge on any atom is 0.334 e. The van der Waals surface area contributed by atoms with Crippen molar-refractivity contribution < 1.29 is 27.9 Å². The molecule has 2 aromatic carbocycles. The largest absolute Gasteiger partial charge is 0.481 e. The monoisotopic (exact) mass is 454 g/mol. The van der Waals surface area contributed by atoms with Crippen LogP contribution in [0.1, 0.15) is 24.0 Å². The molecule has 0 fully saturated rings. The van der Waals surface area contributed by atoms with Crippen LogP contribution >= 0.6 is 0 Å². The van der Waals surface area contributed by atoms with Crippen LogP contribution in [0.25, 0.3) is 10.9 Å². The van der Waals surface area contributed by atoms with Gasteiger partial charge in [-0.2, -0.15) is 0 Å². The zero-order valence-electron chi connectivity index (χ0n) is 17.5. The van der Waals surface area contributed by atoms with E-state index in [1.165, 1.54) is 18.2 Å². The number of aromatic amines is 1. The number of para-hydroxylation sites is 1. The van der Waals surface area contributed by atoms with Gasteiger partial charge in [-0.1, -0.05) is 42.0 Å². The lowest BCUT2D eigenvalue weighted by Crippen LogP contribution is -2.31. The normalized spacial score (nSPS) is 16.2. The van der Waals surface area contributed by atoms with Crippen LogP contribution in [0.4, 0.5) is 5.82 Å². The van der Waals surface area contributed by atoms with Crippen molar-refractivity contribution >= 4 is 38.7 Å². The lowest BCUT2D eigenvalue weighted by molar-refractivity contribution is -0.143. The van der Waals surface area contributed by atoms with Gasteiger partial charge in [-0.3, -0.25) is 4.79 Å². The van der Waals surface area contributed by atoms with Crippen LogP contribution < -0.4 is 4.31 Å². The molecule has 0 saturated carbocycles. The molecule has 1 aliphatic heterocycles. The van der Waals surface area contributed by atoms with Crippen LogP contribution in [0.5, 0.6) is 0 Å². The molecule has 32 heavy (non-hydrogen) atoms. The van der Waals surface area contributed by atoms with Gasteiger partial charge >= 0.3 is 11.9 Å². The standard InChI is InChI=1S/C23H22N2O6S/c1-3-31-23(28)17-12-13-25(32(29,30)15-10-8-14(2)9-11-15)21-19(20(17)22(26)27)16-6-4-5-7-18(16)24-21/h4-12,20,24H,3,13H2,1-2H3,(H,26,27). The van der Waals surface area contributed by atoms with Crippen LogP contribution in [-0.2, 0) is 24.3 Å². The van der Waals surface area contributed by atoms with Crippen molar-refractivity contribution in [2.45, 2.75) is 24.7 Å². The molecule has 0 spiro atoms. The molecule has 0 saturated heterocycles. The molecule has 1 atom stereocenters. The minimum absolute atomic E-state index is 0.0626. The number of H-pyrrole nitrogens is 1. The Labute approximate surface area is 185 Å². The fourth-order valence-electron chi connectivity index (χ4n) is 3.91. The Morgan fingerprint density at radius 1 is 1.16 bits per heavy atom. The number of carbonyl (C=O) groups is 2. The van der Waals surface area contributed by atoms with Crippen LogP contribution in [0.3, 0.4) is 0 Å². The fourth-order valence-corrected chi connectivity index (χ4v) is 5.30. The van der Waals surface area contributed by atoms with Crippen molar-refractivity contribution in [3.8, 4) is 0 Å². The highest BCUT2D eigenvalue weighted by Crippen LogP contribution is 2.42. The molecule has 8 nitrogen and oxygen atoms in total. The number of rotatable bonds is 5. The highest BCUT2D eigenvalue weighted by atomic mass is 32.2. The first-order valence-electron chi connectivity index (χ1n) is 10.1. The van der Waals surface area contributed by atoms with Crippen molar-refractivity contribution in [3.05, 3.63) is 71.3 Å². The van der Waals surface area contributed by atoms with Gasteiger partial charge in [-0.15, -0.1) is 0 Å². The van der Waals surface area contributed by atoms with E-state index in [1.54, 1.807) is 43.3 Å². The van der Waals surface area contributed by atoms with Gasteiger partial charge in [0.05, 0.1) is 23.6 Å². The molecule has 2 heterocycles. The third-order valence-corrected chi connectivity index (χ3v) is 7.20. The number of aliphatic carboxylic acids is 1. The Morgan fingerprint density at radius 2 is 1.84 bits per heavy atom. The van der Waals surface area contributed by atoms with Gasteiger partial charge < -0.3 is 14.8 Å². The van der Waals surface area contributed by atoms with Crippen molar-refractivity contribution in [1.29, 1.82) is 0 Å². The third-order valence-electron chi connectivity index (χ3n) is 5.42. The van der Waals surface area contributed by atoms with E-state index in [0.29, 0.717) is 10.9 Å². The van der Waals surface area contributed by atoms with E-state index >= 15 is 0 Å². The predicted molar refractivity (Wildman–Crippen MR) is 119 cm³/mol. The quantitative estimate of drug-likeness (QED) is 0.571. The first-order valence-corrected chi connectivity index (χ1v) is 11.5. The number of benzene rings is 2. The summed E-state index contributed by atoms with van der Waals surface area (Å²) in [6, 6.07) is 13.3. The lowest BCUT2D eigenvalue weighted by Gasteiger charge is -2.22. The zero-order valence-corrected chi connectivity index (χ0v) is 18.3. The fraction of sp³-hybridized carbons (Fsp3) is 0.217. The summed E-state index contributed by atoms with van der Waals surface area (Å²) in [4.78, 5) is 28.2. The average Bonchev–Trinajstić information content (AvgIpc) is 3.02. The van der Waals surface area contributed by atoms with Gasteiger partial charge in [0, 0.05) is 16.5 Å². The van der Waals surface area contributed by atoms with Crippen molar-refractivity contribution in [2.75, 3.05) is 17.5 Å². The molecule has 3 aromatic rings. The second-order valence-corrected chi connectivity index (χ2v) is 9.30. The number of anilines is 1. The van der Waals surface area contributed by atoms with E-state index in [-0.39, 0.29) is 35.0 Å². The van der Waals surface area contributed by atoms with Gasteiger partial charge in [0.15, 0.2) is 0 Å². The number of carboxylic acid groups (broad SMARTS) is 1. The third kappa shape index (κ3) is 3.54. The summed E-state index contributed by atoms with van der Waals surface area (Å²) in [6.07, 6.45) is 1.32. The van der Waals surface area contributed by atoms with Gasteiger partial charge in [-0.05, 0) is 32.0 Å². The van der Waals surface area contributed by atoms with Crippen LogP contribution in [0.15, 0.2) is 65.1 Å². The molecular weight excluding hydrogens is 432 g/mol. The first kappa shape index (κ1) is 21.6. The van der Waals surface area contributed by atoms with Gasteiger partial charge in [0.2, 0.25) is 0 Å². The SMILES string of the molecule is CCOC(=O)C1=CCN(S(=O)(=O)c2ccc(C)cc2)c2[nH]c3ccccc3c2C1C(=O)O. The minimum Gasteiger partial charge on any atom is -0.481 e. The molecule has 166 valence electrons. The molecule has 2 N–H and O–H groups in total. The molecule has 0 amide bonds. The molecule has 1 aromatic heterocycles. The Morgan fingerprint density at radius 3 is 2.50 bits per heavy atom. The second-order valence-electron chi connectivity index (χ2n) is 7.43. The molecular formula is C23H22N2O6S. The number of hydrogen-bond acceptors (Lipinski definition) is 5. The molecule has 0 radical (unpaired) electrons. The average molecular weight is 455 g/mol. The van der Waals surface area contributed by atoms with Crippen molar-refractivity contribution in [2.24, 2.45) is 0 Å². The van der Waals surface area contributed by atoms with Crippen LogP contribution in [-0.4, -0.2) is 43.6 Å². The van der Waals surface area contributed by atoms with E-state index in [1.807, 2.05) is 6.92 Å². The number of aryl methyl sites for hydroxylation is 1. The number of esters is 1. The highest BCUT2D eigenvalue weighted by molar-refractivity contribution is 7.92. The predicted octanol–water partition coefficient (Wildman–Crippen LogP) is 3.34. The van der Waals surface area contributed by atoms with Gasteiger partial charge in [-0.25, -0.2) is 17.5 Å². The first-order chi connectivity index (χ1) is 15.3. The summed E-state index contributed by atoms with van der Waals surface area (Å²) in [5, 5.41) is 10.6. The number of ether oxygens (including phenoxy) is 1. The van der Waals surface area contributed by atoms with E-state index in [9.17, 15) is 23.1 Å². The number of carbonyl (C=O) groups excluding carboxylic acids is 1. The number of carboxylic acids is 1. The number of hydrogen-bond donors (Lipinski definition) is 2. The van der Waals surface area contributed by atoms with Crippen LogP contribution in [0.2, 0.25) is 0 Å². The lowest BCUT2D eigenvalue weighted by atomic mass is 9.90. The van der Waals surface area contributed by atoms with Gasteiger partial charge in [0.25, 0.3) is 10.0 Å². The molecule has 1 aliphatic rings. The van der Waals surface area contributed by atoms with E-state index in [2.05, 4.69) is 4.98 Å². The maximum atomic E-state index is 13.6. The summed E-state index contributed by atoms with van der Waals surface area (Å²) < 4.78 is 33.4. The molecule has 0 bridgehead atoms. The summed E-state index contributed by atoms with van der Waals surface area (Å²) in [7, 11) is -4.06. The molecule has 1 unspecified atom stereocenters. The maximum absolute atomic E-state index is 13.6.